The minimum Gasteiger partial charge on any atom is -0.494 e. The first kappa shape index (κ1) is 25.8. The van der Waals surface area contributed by atoms with Gasteiger partial charge < -0.3 is 13.9 Å². The van der Waals surface area contributed by atoms with Crippen LogP contribution in [-0.4, -0.2) is 23.8 Å². The summed E-state index contributed by atoms with van der Waals surface area (Å²) in [5, 5.41) is 0.725. The SMILES string of the molecule is CCOC(=O)C1=C(C)N=c2s/c(=C/c3ccc(Sc4ccccc4)o3)c(=O)n2[C@@H]1c1ccc(OCC)cc1. The molecule has 0 N–H and O–H groups in total. The van der Waals surface area contributed by atoms with E-state index in [1.807, 2.05) is 73.7 Å². The second-order valence-electron chi connectivity index (χ2n) is 8.38. The number of hydrogen-bond acceptors (Lipinski definition) is 8. The summed E-state index contributed by atoms with van der Waals surface area (Å²) in [5.41, 5.74) is 1.37. The van der Waals surface area contributed by atoms with Gasteiger partial charge in [0.2, 0.25) is 0 Å². The number of thiazole rings is 1. The minimum absolute atomic E-state index is 0.220. The quantitative estimate of drug-likeness (QED) is 0.291. The molecule has 2 aromatic carbocycles. The average molecular weight is 547 g/mol. The van der Waals surface area contributed by atoms with Crippen LogP contribution in [0.4, 0.5) is 0 Å². The Kier molecular flexibility index (Phi) is 7.67. The first-order valence-corrected chi connectivity index (χ1v) is 13.9. The molecule has 7 nitrogen and oxygen atoms in total. The summed E-state index contributed by atoms with van der Waals surface area (Å²) in [6, 6.07) is 20.4. The Balaban J connectivity index is 1.57. The molecule has 38 heavy (non-hydrogen) atoms. The second-order valence-corrected chi connectivity index (χ2v) is 10.5. The number of carbonyl (C=O) groups excluding carboxylic acids is 1. The minimum atomic E-state index is -0.677. The third-order valence-electron chi connectivity index (χ3n) is 5.86. The average Bonchev–Trinajstić information content (AvgIpc) is 3.48. The topological polar surface area (TPSA) is 83.0 Å². The number of hydrogen-bond donors (Lipinski definition) is 0. The maximum atomic E-state index is 13.7. The molecule has 0 fully saturated rings. The number of nitrogens with zero attached hydrogens (tertiary/aromatic N) is 2. The molecule has 2 aromatic heterocycles. The van der Waals surface area contributed by atoms with Gasteiger partial charge in [-0.25, -0.2) is 9.79 Å². The zero-order chi connectivity index (χ0) is 26.6. The second kappa shape index (κ2) is 11.3. The summed E-state index contributed by atoms with van der Waals surface area (Å²) in [6.45, 7) is 6.20. The highest BCUT2D eigenvalue weighted by atomic mass is 32.2. The van der Waals surface area contributed by atoms with Crippen molar-refractivity contribution in [1.82, 2.24) is 4.57 Å². The number of fused-ring (bicyclic) bond motifs is 1. The molecule has 0 bridgehead atoms. The van der Waals surface area contributed by atoms with Crippen molar-refractivity contribution in [2.75, 3.05) is 13.2 Å². The number of benzene rings is 2. The van der Waals surface area contributed by atoms with Crippen molar-refractivity contribution < 1.29 is 18.7 Å². The molecule has 0 spiro atoms. The molecule has 0 saturated heterocycles. The highest BCUT2D eigenvalue weighted by Crippen LogP contribution is 2.32. The van der Waals surface area contributed by atoms with Crippen molar-refractivity contribution in [2.45, 2.75) is 36.8 Å². The van der Waals surface area contributed by atoms with Crippen molar-refractivity contribution in [3.05, 3.63) is 109 Å². The van der Waals surface area contributed by atoms with E-state index in [0.717, 1.165) is 15.6 Å². The molecule has 0 aliphatic carbocycles. The highest BCUT2D eigenvalue weighted by molar-refractivity contribution is 7.99. The van der Waals surface area contributed by atoms with Crippen LogP contribution in [0.25, 0.3) is 6.08 Å². The van der Waals surface area contributed by atoms with Crippen LogP contribution in [0, 0.1) is 0 Å². The van der Waals surface area contributed by atoms with Crippen LogP contribution in [-0.2, 0) is 9.53 Å². The van der Waals surface area contributed by atoms with Crippen LogP contribution < -0.4 is 19.6 Å². The number of esters is 1. The molecule has 1 aliphatic rings. The van der Waals surface area contributed by atoms with Crippen LogP contribution in [0.15, 0.2) is 102 Å². The molecular formula is C29H26N2O5S2. The lowest BCUT2D eigenvalue weighted by molar-refractivity contribution is -0.139. The predicted molar refractivity (Wildman–Crippen MR) is 147 cm³/mol. The summed E-state index contributed by atoms with van der Waals surface area (Å²) in [6.07, 6.45) is 1.72. The van der Waals surface area contributed by atoms with Gasteiger partial charge in [0.1, 0.15) is 11.5 Å². The Morgan fingerprint density at radius 1 is 1.08 bits per heavy atom. The van der Waals surface area contributed by atoms with Crippen LogP contribution in [0.2, 0.25) is 0 Å². The van der Waals surface area contributed by atoms with Crippen LogP contribution >= 0.6 is 23.1 Å². The van der Waals surface area contributed by atoms with Gasteiger partial charge in [0.15, 0.2) is 9.89 Å². The van der Waals surface area contributed by atoms with Gasteiger partial charge in [-0.2, -0.15) is 0 Å². The lowest BCUT2D eigenvalue weighted by Crippen LogP contribution is -2.39. The van der Waals surface area contributed by atoms with E-state index >= 15 is 0 Å². The standard InChI is InChI=1S/C29H26N2O5S2/c1-4-34-20-13-11-19(12-14-20)26-25(28(33)35-5-2)18(3)30-29-31(26)27(32)23(38-29)17-21-15-16-24(36-21)37-22-9-7-6-8-10-22/h6-17,26H,4-5H2,1-3H3/b23-17+/t26-/m1/s1. The van der Waals surface area contributed by atoms with Gasteiger partial charge in [0, 0.05) is 11.0 Å². The van der Waals surface area contributed by atoms with Crippen molar-refractivity contribution in [1.29, 1.82) is 0 Å². The van der Waals surface area contributed by atoms with Gasteiger partial charge in [-0.1, -0.05) is 53.4 Å². The monoisotopic (exact) mass is 546 g/mol. The normalized spacial score (nSPS) is 15.2. The van der Waals surface area contributed by atoms with E-state index in [9.17, 15) is 9.59 Å². The molecule has 9 heteroatoms. The lowest BCUT2D eigenvalue weighted by Gasteiger charge is -2.24. The third kappa shape index (κ3) is 5.25. The van der Waals surface area contributed by atoms with E-state index in [-0.39, 0.29) is 12.2 Å². The fraction of sp³-hybridized carbons (Fsp3) is 0.207. The molecule has 5 rings (SSSR count). The highest BCUT2D eigenvalue weighted by Gasteiger charge is 2.33. The Morgan fingerprint density at radius 3 is 2.55 bits per heavy atom. The first-order chi connectivity index (χ1) is 18.5. The molecule has 3 heterocycles. The predicted octanol–water partition coefficient (Wildman–Crippen LogP) is 4.94. The molecule has 0 radical (unpaired) electrons. The fourth-order valence-electron chi connectivity index (χ4n) is 4.22. The smallest absolute Gasteiger partial charge is 0.338 e. The van der Waals surface area contributed by atoms with E-state index in [1.54, 1.807) is 24.5 Å². The number of rotatable bonds is 8. The Labute approximate surface area is 227 Å². The Bertz CT molecular complexity index is 1660. The fourth-order valence-corrected chi connectivity index (χ4v) is 6.05. The van der Waals surface area contributed by atoms with E-state index in [0.29, 0.717) is 38.7 Å². The molecule has 4 aromatic rings. The van der Waals surface area contributed by atoms with Crippen LogP contribution in [0.5, 0.6) is 5.75 Å². The number of carbonyl (C=O) groups is 1. The zero-order valence-electron chi connectivity index (χ0n) is 21.2. The maximum Gasteiger partial charge on any atom is 0.338 e. The van der Waals surface area contributed by atoms with Gasteiger partial charge in [-0.15, -0.1) is 0 Å². The van der Waals surface area contributed by atoms with Crippen molar-refractivity contribution in [2.24, 2.45) is 4.99 Å². The van der Waals surface area contributed by atoms with Gasteiger partial charge in [-0.3, -0.25) is 9.36 Å². The maximum absolute atomic E-state index is 13.7. The summed E-state index contributed by atoms with van der Waals surface area (Å²) in [7, 11) is 0. The summed E-state index contributed by atoms with van der Waals surface area (Å²) in [4.78, 5) is 33.0. The molecule has 1 atom stereocenters. The van der Waals surface area contributed by atoms with Crippen molar-refractivity contribution in [3.8, 4) is 5.75 Å². The molecule has 0 saturated carbocycles. The van der Waals surface area contributed by atoms with E-state index in [2.05, 4.69) is 4.99 Å². The zero-order valence-corrected chi connectivity index (χ0v) is 22.8. The number of ether oxygens (including phenoxy) is 2. The molecule has 0 unspecified atom stereocenters. The summed E-state index contributed by atoms with van der Waals surface area (Å²) >= 11 is 2.77. The van der Waals surface area contributed by atoms with Gasteiger partial charge >= 0.3 is 5.97 Å². The molecule has 0 amide bonds. The molecule has 194 valence electrons. The molecule has 1 aliphatic heterocycles. The Hall–Kier alpha value is -3.82. The summed E-state index contributed by atoms with van der Waals surface area (Å²) in [5.74, 6) is 0.784. The third-order valence-corrected chi connectivity index (χ3v) is 7.77. The number of aromatic nitrogens is 1. The van der Waals surface area contributed by atoms with E-state index < -0.39 is 12.0 Å². The largest absolute Gasteiger partial charge is 0.494 e. The van der Waals surface area contributed by atoms with Gasteiger partial charge in [-0.05, 0) is 62.7 Å². The number of furan rings is 1. The lowest BCUT2D eigenvalue weighted by atomic mass is 9.96. The molecular weight excluding hydrogens is 520 g/mol. The first-order valence-electron chi connectivity index (χ1n) is 12.2. The Morgan fingerprint density at radius 2 is 1.84 bits per heavy atom. The van der Waals surface area contributed by atoms with Crippen molar-refractivity contribution in [3.63, 3.8) is 0 Å². The van der Waals surface area contributed by atoms with E-state index in [1.165, 1.54) is 23.1 Å². The van der Waals surface area contributed by atoms with Crippen molar-refractivity contribution >= 4 is 35.1 Å². The van der Waals surface area contributed by atoms with E-state index in [4.69, 9.17) is 13.9 Å². The summed E-state index contributed by atoms with van der Waals surface area (Å²) < 4.78 is 18.9. The van der Waals surface area contributed by atoms with Crippen LogP contribution in [0.3, 0.4) is 0 Å². The van der Waals surface area contributed by atoms with Gasteiger partial charge in [0.05, 0.1) is 35.1 Å². The van der Waals surface area contributed by atoms with Crippen LogP contribution in [0.1, 0.15) is 38.1 Å². The number of allylic oxidation sites excluding steroid dienone is 1. The van der Waals surface area contributed by atoms with Gasteiger partial charge in [0.25, 0.3) is 5.56 Å².